The second-order valence-corrected chi connectivity index (χ2v) is 7.68. The lowest BCUT2D eigenvalue weighted by molar-refractivity contribution is -0.142. The minimum atomic E-state index is -1.20. The number of rotatable bonds is 10. The van der Waals surface area contributed by atoms with Crippen LogP contribution in [0.15, 0.2) is 30.5 Å². The zero-order valence-corrected chi connectivity index (χ0v) is 17.0. The highest BCUT2D eigenvalue weighted by Gasteiger charge is 2.30. The first-order valence-electron chi connectivity index (χ1n) is 10.3. The van der Waals surface area contributed by atoms with Gasteiger partial charge in [0.1, 0.15) is 12.1 Å². The van der Waals surface area contributed by atoms with Crippen molar-refractivity contribution in [2.45, 2.75) is 50.2 Å². The number of carbonyl (C=O) groups is 4. The first-order valence-corrected chi connectivity index (χ1v) is 10.3. The van der Waals surface area contributed by atoms with Gasteiger partial charge in [-0.05, 0) is 37.4 Å². The number of aromatic amines is 1. The molecule has 0 unspecified atom stereocenters. The van der Waals surface area contributed by atoms with Crippen molar-refractivity contribution in [3.8, 4) is 0 Å². The van der Waals surface area contributed by atoms with Crippen LogP contribution in [0.3, 0.4) is 0 Å². The summed E-state index contributed by atoms with van der Waals surface area (Å²) >= 11 is 0. The summed E-state index contributed by atoms with van der Waals surface area (Å²) in [6.45, 7) is 0.710. The number of carboxylic acids is 1. The van der Waals surface area contributed by atoms with Crippen LogP contribution in [-0.4, -0.2) is 58.5 Å². The van der Waals surface area contributed by atoms with Crippen LogP contribution in [0.25, 0.3) is 10.9 Å². The second-order valence-electron chi connectivity index (χ2n) is 7.68. The lowest BCUT2D eigenvalue weighted by atomic mass is 10.0. The van der Waals surface area contributed by atoms with Crippen LogP contribution in [0.5, 0.6) is 0 Å². The van der Waals surface area contributed by atoms with Gasteiger partial charge in [0.25, 0.3) is 0 Å². The molecule has 31 heavy (non-hydrogen) atoms. The van der Waals surface area contributed by atoms with Gasteiger partial charge in [0.05, 0.1) is 6.04 Å². The largest absolute Gasteiger partial charge is 0.480 e. The van der Waals surface area contributed by atoms with Gasteiger partial charge in [0.15, 0.2) is 0 Å². The van der Waals surface area contributed by atoms with Crippen LogP contribution in [0, 0.1) is 0 Å². The maximum atomic E-state index is 12.8. The summed E-state index contributed by atoms with van der Waals surface area (Å²) in [4.78, 5) is 51.4. The quantitative estimate of drug-likeness (QED) is 0.305. The maximum absolute atomic E-state index is 12.8. The molecule has 2 aromatic rings. The zero-order chi connectivity index (χ0) is 22.4. The molecule has 7 N–H and O–H groups in total. The summed E-state index contributed by atoms with van der Waals surface area (Å²) in [5.41, 5.74) is 6.80. The highest BCUT2D eigenvalue weighted by molar-refractivity contribution is 5.92. The fourth-order valence-electron chi connectivity index (χ4n) is 3.73. The lowest BCUT2D eigenvalue weighted by Crippen LogP contribution is -2.54. The normalized spacial score (nSPS) is 17.7. The molecule has 2 heterocycles. The zero-order valence-electron chi connectivity index (χ0n) is 17.0. The van der Waals surface area contributed by atoms with Crippen molar-refractivity contribution in [2.75, 3.05) is 6.54 Å². The molecule has 3 rings (SSSR count). The van der Waals surface area contributed by atoms with E-state index in [2.05, 4.69) is 20.9 Å². The minimum absolute atomic E-state index is 0.0148. The third-order valence-electron chi connectivity index (χ3n) is 5.40. The number of aliphatic carboxylic acids is 1. The Hall–Kier alpha value is -3.40. The molecule has 1 aromatic heterocycles. The molecule has 1 fully saturated rings. The number of primary amides is 1. The Kier molecular flexibility index (Phi) is 7.24. The number of H-pyrrole nitrogens is 1. The van der Waals surface area contributed by atoms with Gasteiger partial charge in [-0.25, -0.2) is 4.79 Å². The highest BCUT2D eigenvalue weighted by Crippen LogP contribution is 2.19. The van der Waals surface area contributed by atoms with Gasteiger partial charge in [-0.2, -0.15) is 0 Å². The lowest BCUT2D eigenvalue weighted by Gasteiger charge is -2.22. The fraction of sp³-hybridized carbons (Fsp3) is 0.429. The standard InChI is InChI=1S/C21H27N5O5/c22-18(27)8-7-16(25-19(28)15-6-3-9-23-15)20(29)26-17(21(30)31)10-12-11-24-14-5-2-1-4-13(12)14/h1-2,4-5,11,15-17,23-24H,3,6-10H2,(H2,22,27)(H,25,28)(H,26,29)(H,30,31)/t15-,16-,17-/m0/s1. The van der Waals surface area contributed by atoms with Crippen molar-refractivity contribution in [1.82, 2.24) is 20.9 Å². The fourth-order valence-corrected chi connectivity index (χ4v) is 3.73. The Labute approximate surface area is 178 Å². The van der Waals surface area contributed by atoms with Crippen molar-refractivity contribution in [3.63, 3.8) is 0 Å². The molecule has 3 amide bonds. The molecule has 0 radical (unpaired) electrons. The number of hydrogen-bond acceptors (Lipinski definition) is 5. The number of fused-ring (bicyclic) bond motifs is 1. The summed E-state index contributed by atoms with van der Waals surface area (Å²) in [6, 6.07) is 4.78. The van der Waals surface area contributed by atoms with Crippen LogP contribution in [0.2, 0.25) is 0 Å². The predicted octanol–water partition coefficient (Wildman–Crippen LogP) is -0.218. The summed E-state index contributed by atoms with van der Waals surface area (Å²) in [5.74, 6) is -2.83. The summed E-state index contributed by atoms with van der Waals surface area (Å²) in [6.07, 6.45) is 3.14. The summed E-state index contributed by atoms with van der Waals surface area (Å²) in [5, 5.41) is 18.7. The van der Waals surface area contributed by atoms with E-state index in [1.54, 1.807) is 6.20 Å². The number of para-hydroxylation sites is 1. The van der Waals surface area contributed by atoms with Crippen molar-refractivity contribution < 1.29 is 24.3 Å². The van der Waals surface area contributed by atoms with E-state index in [-0.39, 0.29) is 25.2 Å². The molecule has 1 aliphatic rings. The molecule has 3 atom stereocenters. The smallest absolute Gasteiger partial charge is 0.326 e. The minimum Gasteiger partial charge on any atom is -0.480 e. The molecular formula is C21H27N5O5. The van der Waals surface area contributed by atoms with E-state index < -0.39 is 35.9 Å². The van der Waals surface area contributed by atoms with E-state index in [1.807, 2.05) is 24.3 Å². The van der Waals surface area contributed by atoms with Crippen LogP contribution in [0.4, 0.5) is 0 Å². The Morgan fingerprint density at radius 3 is 2.61 bits per heavy atom. The van der Waals surface area contributed by atoms with Crippen molar-refractivity contribution in [2.24, 2.45) is 5.73 Å². The summed E-state index contributed by atoms with van der Waals surface area (Å²) < 4.78 is 0. The van der Waals surface area contributed by atoms with E-state index >= 15 is 0 Å². The van der Waals surface area contributed by atoms with E-state index in [1.165, 1.54) is 0 Å². The molecule has 0 saturated carbocycles. The van der Waals surface area contributed by atoms with Crippen molar-refractivity contribution in [3.05, 3.63) is 36.0 Å². The Morgan fingerprint density at radius 2 is 1.94 bits per heavy atom. The molecule has 1 aromatic carbocycles. The Bertz CT molecular complexity index is 966. The Balaban J connectivity index is 1.70. The third kappa shape index (κ3) is 5.82. The van der Waals surface area contributed by atoms with E-state index in [0.29, 0.717) is 13.0 Å². The highest BCUT2D eigenvalue weighted by atomic mass is 16.4. The average Bonchev–Trinajstić information content (AvgIpc) is 3.40. The molecule has 0 aliphatic carbocycles. The molecule has 10 nitrogen and oxygen atoms in total. The van der Waals surface area contributed by atoms with Crippen molar-refractivity contribution >= 4 is 34.6 Å². The van der Waals surface area contributed by atoms with Crippen LogP contribution < -0.4 is 21.7 Å². The molecule has 0 bridgehead atoms. The van der Waals surface area contributed by atoms with Crippen molar-refractivity contribution in [1.29, 1.82) is 0 Å². The number of nitrogens with one attached hydrogen (secondary N) is 4. The number of benzene rings is 1. The molecule has 166 valence electrons. The van der Waals surface area contributed by atoms with Crippen LogP contribution >= 0.6 is 0 Å². The summed E-state index contributed by atoms with van der Waals surface area (Å²) in [7, 11) is 0. The van der Waals surface area contributed by atoms with Gasteiger partial charge in [-0.3, -0.25) is 14.4 Å². The van der Waals surface area contributed by atoms with Crippen LogP contribution in [0.1, 0.15) is 31.2 Å². The maximum Gasteiger partial charge on any atom is 0.326 e. The third-order valence-corrected chi connectivity index (χ3v) is 5.40. The number of nitrogens with two attached hydrogens (primary N) is 1. The van der Waals surface area contributed by atoms with E-state index in [9.17, 15) is 24.3 Å². The Morgan fingerprint density at radius 1 is 1.16 bits per heavy atom. The second kappa shape index (κ2) is 10.1. The van der Waals surface area contributed by atoms with E-state index in [0.717, 1.165) is 22.9 Å². The predicted molar refractivity (Wildman–Crippen MR) is 113 cm³/mol. The number of carbonyl (C=O) groups excluding carboxylic acids is 3. The van der Waals surface area contributed by atoms with Gasteiger partial charge in [-0.1, -0.05) is 18.2 Å². The number of aromatic nitrogens is 1. The first kappa shape index (κ1) is 22.3. The SMILES string of the molecule is NC(=O)CC[C@H](NC(=O)[C@@H]1CCCN1)C(=O)N[C@@H](Cc1c[nH]c2ccccc12)C(=O)O. The number of amides is 3. The topological polar surface area (TPSA) is 166 Å². The van der Waals surface area contributed by atoms with Gasteiger partial charge in [0.2, 0.25) is 17.7 Å². The van der Waals surface area contributed by atoms with Gasteiger partial charge < -0.3 is 31.8 Å². The molecule has 1 saturated heterocycles. The van der Waals surface area contributed by atoms with Gasteiger partial charge in [-0.15, -0.1) is 0 Å². The first-order chi connectivity index (χ1) is 14.8. The number of hydrogen-bond donors (Lipinski definition) is 6. The van der Waals surface area contributed by atoms with Crippen LogP contribution in [-0.2, 0) is 25.6 Å². The van der Waals surface area contributed by atoms with Gasteiger partial charge in [0, 0.05) is 29.9 Å². The molecule has 0 spiro atoms. The molecular weight excluding hydrogens is 402 g/mol. The van der Waals surface area contributed by atoms with Gasteiger partial charge >= 0.3 is 5.97 Å². The number of carboxylic acid groups (broad SMARTS) is 1. The average molecular weight is 429 g/mol. The van der Waals surface area contributed by atoms with E-state index in [4.69, 9.17) is 5.73 Å². The molecule has 10 heteroatoms. The molecule has 1 aliphatic heterocycles. The monoisotopic (exact) mass is 429 g/mol.